The van der Waals surface area contributed by atoms with Crippen LogP contribution in [0.1, 0.15) is 13.8 Å². The molecule has 1 aromatic carbocycles. The molecule has 0 spiro atoms. The predicted molar refractivity (Wildman–Crippen MR) is 60.7 cm³/mol. The number of benzene rings is 1. The number of hydrogen-bond acceptors (Lipinski definition) is 4. The minimum absolute atomic E-state index is 0.245. The predicted octanol–water partition coefficient (Wildman–Crippen LogP) is 1.88. The largest absolute Gasteiger partial charge is 0.296 e. The van der Waals surface area contributed by atoms with Crippen LogP contribution in [-0.4, -0.2) is 18.6 Å². The summed E-state index contributed by atoms with van der Waals surface area (Å²) in [6.45, 7) is 2.86. The van der Waals surface area contributed by atoms with E-state index in [9.17, 15) is 22.9 Å². The maximum absolute atomic E-state index is 12.8. The number of nitrogens with one attached hydrogen (secondary N) is 1. The number of halogens is 1. The molecule has 94 valence electrons. The zero-order valence-electron chi connectivity index (χ0n) is 9.18. The van der Waals surface area contributed by atoms with E-state index in [1.54, 1.807) is 0 Å². The molecule has 0 saturated heterocycles. The normalized spacial score (nSPS) is 11.5. The number of anilines is 1. The summed E-state index contributed by atoms with van der Waals surface area (Å²) in [7, 11) is -3.70. The van der Waals surface area contributed by atoms with E-state index in [0.29, 0.717) is 6.07 Å². The standard InChI is InChI=1S/C9H11FN2O4S/c1-6(2)17(15,16)11-8-4-3-7(10)5-9(8)12(13)14/h3-6,11H,1-2H3. The lowest BCUT2D eigenvalue weighted by Gasteiger charge is -2.10. The van der Waals surface area contributed by atoms with Crippen LogP contribution in [-0.2, 0) is 10.0 Å². The minimum Gasteiger partial charge on any atom is -0.277 e. The van der Waals surface area contributed by atoms with Gasteiger partial charge < -0.3 is 0 Å². The summed E-state index contributed by atoms with van der Waals surface area (Å²) in [5.74, 6) is -0.802. The maximum Gasteiger partial charge on any atom is 0.296 e. The second-order valence-corrected chi connectivity index (χ2v) is 5.85. The van der Waals surface area contributed by atoms with Gasteiger partial charge in [0.1, 0.15) is 11.5 Å². The van der Waals surface area contributed by atoms with Crippen LogP contribution in [0.2, 0.25) is 0 Å². The molecule has 0 fully saturated rings. The lowest BCUT2D eigenvalue weighted by atomic mass is 10.3. The van der Waals surface area contributed by atoms with Gasteiger partial charge in [0.15, 0.2) is 0 Å². The molecule has 0 aromatic heterocycles. The highest BCUT2D eigenvalue weighted by Gasteiger charge is 2.22. The third-order valence-electron chi connectivity index (χ3n) is 2.03. The van der Waals surface area contributed by atoms with Crippen molar-refractivity contribution >= 4 is 21.4 Å². The van der Waals surface area contributed by atoms with Crippen LogP contribution in [0.15, 0.2) is 18.2 Å². The number of nitro groups is 1. The van der Waals surface area contributed by atoms with Crippen molar-refractivity contribution in [3.05, 3.63) is 34.1 Å². The van der Waals surface area contributed by atoms with E-state index in [0.717, 1.165) is 12.1 Å². The fourth-order valence-electron chi connectivity index (χ4n) is 1.01. The summed E-state index contributed by atoms with van der Waals surface area (Å²) in [6, 6.07) is 2.64. The Labute approximate surface area is 97.7 Å². The molecule has 0 bridgehead atoms. The smallest absolute Gasteiger partial charge is 0.277 e. The van der Waals surface area contributed by atoms with Gasteiger partial charge in [0, 0.05) is 0 Å². The van der Waals surface area contributed by atoms with Crippen LogP contribution in [0.25, 0.3) is 0 Å². The van der Waals surface area contributed by atoms with Crippen molar-refractivity contribution in [2.45, 2.75) is 19.1 Å². The summed E-state index contributed by atoms with van der Waals surface area (Å²) in [4.78, 5) is 9.79. The monoisotopic (exact) mass is 262 g/mol. The van der Waals surface area contributed by atoms with Crippen molar-refractivity contribution in [3.8, 4) is 0 Å². The number of hydrogen-bond donors (Lipinski definition) is 1. The SMILES string of the molecule is CC(C)S(=O)(=O)Nc1ccc(F)cc1[N+](=O)[O-]. The van der Waals surface area contributed by atoms with E-state index in [2.05, 4.69) is 4.72 Å². The Balaban J connectivity index is 3.20. The average molecular weight is 262 g/mol. The number of nitro benzene ring substituents is 1. The first-order valence-corrected chi connectivity index (χ1v) is 6.24. The van der Waals surface area contributed by atoms with Gasteiger partial charge in [0.25, 0.3) is 5.69 Å². The third-order valence-corrected chi connectivity index (χ3v) is 3.77. The zero-order chi connectivity index (χ0) is 13.2. The highest BCUT2D eigenvalue weighted by Crippen LogP contribution is 2.26. The Bertz CT molecular complexity index is 542. The molecule has 0 aliphatic rings. The van der Waals surface area contributed by atoms with Gasteiger partial charge >= 0.3 is 0 Å². The molecule has 1 N–H and O–H groups in total. The van der Waals surface area contributed by atoms with Gasteiger partial charge in [-0.2, -0.15) is 0 Å². The molecule has 0 radical (unpaired) electrons. The lowest BCUT2D eigenvalue weighted by Crippen LogP contribution is -2.23. The molecule has 0 heterocycles. The van der Waals surface area contributed by atoms with Gasteiger partial charge in [-0.1, -0.05) is 0 Å². The molecule has 1 rings (SSSR count). The number of sulfonamides is 1. The fraction of sp³-hybridized carbons (Fsp3) is 0.333. The van der Waals surface area contributed by atoms with Crippen molar-refractivity contribution in [1.29, 1.82) is 0 Å². The highest BCUT2D eigenvalue weighted by atomic mass is 32.2. The summed E-state index contributed by atoms with van der Waals surface area (Å²) < 4.78 is 37.9. The summed E-state index contributed by atoms with van der Waals surface area (Å²) >= 11 is 0. The first-order chi connectivity index (χ1) is 7.74. The molecule has 0 aliphatic carbocycles. The van der Waals surface area contributed by atoms with E-state index in [1.807, 2.05) is 0 Å². The Morgan fingerprint density at radius 1 is 1.41 bits per heavy atom. The molecule has 17 heavy (non-hydrogen) atoms. The second-order valence-electron chi connectivity index (χ2n) is 3.61. The maximum atomic E-state index is 12.8. The Hall–Kier alpha value is -1.70. The molecule has 6 nitrogen and oxygen atoms in total. The van der Waals surface area contributed by atoms with Crippen LogP contribution in [0, 0.1) is 15.9 Å². The summed E-state index contributed by atoms with van der Waals surface area (Å²) in [5, 5.41) is 9.89. The minimum atomic E-state index is -3.70. The molecular formula is C9H11FN2O4S. The van der Waals surface area contributed by atoms with Crippen molar-refractivity contribution in [1.82, 2.24) is 0 Å². The van der Waals surface area contributed by atoms with Gasteiger partial charge in [-0.3, -0.25) is 14.8 Å². The van der Waals surface area contributed by atoms with Gasteiger partial charge in [-0.05, 0) is 26.0 Å². The molecule has 1 aromatic rings. The van der Waals surface area contributed by atoms with E-state index >= 15 is 0 Å². The zero-order valence-corrected chi connectivity index (χ0v) is 9.99. The van der Waals surface area contributed by atoms with E-state index in [4.69, 9.17) is 0 Å². The van der Waals surface area contributed by atoms with Crippen LogP contribution < -0.4 is 4.72 Å². The fourth-order valence-corrected chi connectivity index (χ4v) is 1.73. The number of rotatable bonds is 4. The Kier molecular flexibility index (Phi) is 3.66. The molecule has 0 amide bonds. The van der Waals surface area contributed by atoms with E-state index in [1.165, 1.54) is 13.8 Å². The number of nitrogens with zero attached hydrogens (tertiary/aromatic N) is 1. The van der Waals surface area contributed by atoms with Gasteiger partial charge in [-0.25, -0.2) is 12.8 Å². The Morgan fingerprint density at radius 3 is 2.47 bits per heavy atom. The quantitative estimate of drug-likeness (QED) is 0.662. The lowest BCUT2D eigenvalue weighted by molar-refractivity contribution is -0.384. The molecule has 0 saturated carbocycles. The van der Waals surface area contributed by atoms with Crippen molar-refractivity contribution in [2.75, 3.05) is 4.72 Å². The summed E-state index contributed by atoms with van der Waals surface area (Å²) in [6.07, 6.45) is 0. The van der Waals surface area contributed by atoms with Crippen LogP contribution in [0.3, 0.4) is 0 Å². The second kappa shape index (κ2) is 4.66. The van der Waals surface area contributed by atoms with Gasteiger partial charge in [0.2, 0.25) is 10.0 Å². The summed E-state index contributed by atoms with van der Waals surface area (Å²) in [5.41, 5.74) is -0.862. The van der Waals surface area contributed by atoms with Crippen LogP contribution >= 0.6 is 0 Å². The first kappa shape index (κ1) is 13.4. The van der Waals surface area contributed by atoms with Crippen LogP contribution in [0.5, 0.6) is 0 Å². The topological polar surface area (TPSA) is 89.3 Å². The van der Waals surface area contributed by atoms with E-state index in [-0.39, 0.29) is 5.69 Å². The van der Waals surface area contributed by atoms with Crippen molar-refractivity contribution in [3.63, 3.8) is 0 Å². The van der Waals surface area contributed by atoms with Gasteiger partial charge in [-0.15, -0.1) is 0 Å². The molecule has 0 unspecified atom stereocenters. The molecule has 0 atom stereocenters. The van der Waals surface area contributed by atoms with Gasteiger partial charge in [0.05, 0.1) is 16.2 Å². The van der Waals surface area contributed by atoms with E-state index < -0.39 is 31.7 Å². The highest BCUT2D eigenvalue weighted by molar-refractivity contribution is 7.93. The average Bonchev–Trinajstić information content (AvgIpc) is 2.19. The Morgan fingerprint density at radius 2 is 2.00 bits per heavy atom. The molecule has 0 aliphatic heterocycles. The first-order valence-electron chi connectivity index (χ1n) is 4.69. The molecule has 8 heteroatoms. The molecular weight excluding hydrogens is 251 g/mol. The van der Waals surface area contributed by atoms with Crippen LogP contribution in [0.4, 0.5) is 15.8 Å². The van der Waals surface area contributed by atoms with Crippen molar-refractivity contribution in [2.24, 2.45) is 0 Å². The van der Waals surface area contributed by atoms with Crippen molar-refractivity contribution < 1.29 is 17.7 Å². The third kappa shape index (κ3) is 3.13.